The maximum Gasteiger partial charge on any atom is 0.324 e. The lowest BCUT2D eigenvalue weighted by Crippen LogP contribution is -2.53. The summed E-state index contributed by atoms with van der Waals surface area (Å²) in [6.45, 7) is 3.02. The summed E-state index contributed by atoms with van der Waals surface area (Å²) in [4.78, 5) is 37.7. The van der Waals surface area contributed by atoms with Crippen LogP contribution in [0.25, 0.3) is 0 Å². The summed E-state index contributed by atoms with van der Waals surface area (Å²) >= 11 is 0. The number of nitrogens with zero attached hydrogens (tertiary/aromatic N) is 2. The minimum Gasteiger partial charge on any atom is -0.481 e. The third-order valence-corrected chi connectivity index (χ3v) is 3.71. The normalized spacial score (nSPS) is 19.7. The second-order valence-electron chi connectivity index (χ2n) is 5.35. The Morgan fingerprint density at radius 3 is 2.25 bits per heavy atom. The molecule has 1 heterocycles. The molecule has 0 spiro atoms. The molecule has 2 aliphatic rings. The zero-order valence-electron chi connectivity index (χ0n) is 11.5. The Morgan fingerprint density at radius 2 is 1.70 bits per heavy atom. The maximum atomic E-state index is 11.9. The Morgan fingerprint density at radius 1 is 1.05 bits per heavy atom. The highest BCUT2D eigenvalue weighted by Crippen LogP contribution is 2.27. The molecule has 2 rings (SSSR count). The SMILES string of the molecule is O=C(O)CCCC(=O)NC(=O)N1CCN(C2CC2)CC1. The largest absolute Gasteiger partial charge is 0.481 e. The topological polar surface area (TPSA) is 89.9 Å². The fourth-order valence-electron chi connectivity index (χ4n) is 2.39. The molecule has 1 aliphatic carbocycles. The second-order valence-corrected chi connectivity index (χ2v) is 5.35. The molecule has 3 amide bonds. The van der Waals surface area contributed by atoms with Crippen molar-refractivity contribution in [2.75, 3.05) is 26.2 Å². The van der Waals surface area contributed by atoms with Gasteiger partial charge in [0.05, 0.1) is 0 Å². The summed E-state index contributed by atoms with van der Waals surface area (Å²) < 4.78 is 0. The highest BCUT2D eigenvalue weighted by molar-refractivity contribution is 5.94. The van der Waals surface area contributed by atoms with Gasteiger partial charge in [0.2, 0.25) is 5.91 Å². The first kappa shape index (κ1) is 14.8. The molecule has 0 aromatic heterocycles. The minimum absolute atomic E-state index is 0.0539. The Hall–Kier alpha value is -1.63. The Bertz CT molecular complexity index is 387. The van der Waals surface area contributed by atoms with E-state index < -0.39 is 11.9 Å². The number of nitrogens with one attached hydrogen (secondary N) is 1. The molecular weight excluding hydrogens is 262 g/mol. The number of hydrogen-bond acceptors (Lipinski definition) is 4. The minimum atomic E-state index is -0.930. The zero-order valence-corrected chi connectivity index (χ0v) is 11.5. The first-order valence-corrected chi connectivity index (χ1v) is 7.11. The van der Waals surface area contributed by atoms with Crippen LogP contribution in [0, 0.1) is 0 Å². The van der Waals surface area contributed by atoms with Gasteiger partial charge in [-0.3, -0.25) is 19.8 Å². The Balaban J connectivity index is 1.64. The quantitative estimate of drug-likeness (QED) is 0.755. The van der Waals surface area contributed by atoms with Crippen LogP contribution < -0.4 is 5.32 Å². The predicted octanol–water partition coefficient (Wildman–Crippen LogP) is 0.258. The van der Waals surface area contributed by atoms with Crippen molar-refractivity contribution in [3.05, 3.63) is 0 Å². The Labute approximate surface area is 117 Å². The molecule has 2 N–H and O–H groups in total. The van der Waals surface area contributed by atoms with E-state index in [-0.39, 0.29) is 25.3 Å². The number of urea groups is 1. The highest BCUT2D eigenvalue weighted by atomic mass is 16.4. The van der Waals surface area contributed by atoms with E-state index in [1.54, 1.807) is 4.90 Å². The van der Waals surface area contributed by atoms with Crippen molar-refractivity contribution in [1.29, 1.82) is 0 Å². The number of carbonyl (C=O) groups is 3. The van der Waals surface area contributed by atoms with E-state index in [0.717, 1.165) is 13.1 Å². The monoisotopic (exact) mass is 283 g/mol. The number of carboxylic acid groups (broad SMARTS) is 1. The lowest BCUT2D eigenvalue weighted by Gasteiger charge is -2.34. The van der Waals surface area contributed by atoms with E-state index in [1.165, 1.54) is 12.8 Å². The first-order chi connectivity index (χ1) is 9.56. The van der Waals surface area contributed by atoms with Gasteiger partial charge in [-0.25, -0.2) is 4.79 Å². The lowest BCUT2D eigenvalue weighted by molar-refractivity contribution is -0.137. The van der Waals surface area contributed by atoms with Crippen LogP contribution in [0.5, 0.6) is 0 Å². The molecule has 112 valence electrons. The second kappa shape index (κ2) is 6.69. The molecule has 0 unspecified atom stereocenters. The van der Waals surface area contributed by atoms with Crippen LogP contribution in [0.2, 0.25) is 0 Å². The molecule has 0 atom stereocenters. The van der Waals surface area contributed by atoms with Crippen molar-refractivity contribution in [1.82, 2.24) is 15.1 Å². The number of carboxylic acids is 1. The summed E-state index contributed by atoms with van der Waals surface area (Å²) in [6, 6.07) is 0.346. The molecule has 7 heteroatoms. The highest BCUT2D eigenvalue weighted by Gasteiger charge is 2.32. The number of rotatable bonds is 5. The van der Waals surface area contributed by atoms with Crippen LogP contribution in [-0.4, -0.2) is 65.0 Å². The predicted molar refractivity (Wildman–Crippen MR) is 71.2 cm³/mol. The van der Waals surface area contributed by atoms with Gasteiger partial charge in [0.1, 0.15) is 0 Å². The molecule has 0 aromatic carbocycles. The van der Waals surface area contributed by atoms with E-state index in [0.29, 0.717) is 19.1 Å². The zero-order chi connectivity index (χ0) is 14.5. The number of piperazine rings is 1. The van der Waals surface area contributed by atoms with Gasteiger partial charge in [0.25, 0.3) is 0 Å². The number of hydrogen-bond donors (Lipinski definition) is 2. The molecule has 2 fully saturated rings. The van der Waals surface area contributed by atoms with Crippen molar-refractivity contribution >= 4 is 17.9 Å². The fourth-order valence-corrected chi connectivity index (χ4v) is 2.39. The molecule has 0 bridgehead atoms. The van der Waals surface area contributed by atoms with E-state index in [2.05, 4.69) is 10.2 Å². The van der Waals surface area contributed by atoms with E-state index in [1.807, 2.05) is 0 Å². The maximum absolute atomic E-state index is 11.9. The number of aliphatic carboxylic acids is 1. The van der Waals surface area contributed by atoms with E-state index in [9.17, 15) is 14.4 Å². The van der Waals surface area contributed by atoms with Gasteiger partial charge in [-0.15, -0.1) is 0 Å². The first-order valence-electron chi connectivity index (χ1n) is 7.11. The Kier molecular flexibility index (Phi) is 4.94. The molecular formula is C13H21N3O4. The van der Waals surface area contributed by atoms with Crippen molar-refractivity contribution in [2.45, 2.75) is 38.1 Å². The summed E-state index contributed by atoms with van der Waals surface area (Å²) in [5.74, 6) is -1.33. The molecule has 1 saturated carbocycles. The third kappa shape index (κ3) is 4.48. The van der Waals surface area contributed by atoms with Crippen LogP contribution in [0.3, 0.4) is 0 Å². The summed E-state index contributed by atoms with van der Waals surface area (Å²) in [5, 5.41) is 10.8. The van der Waals surface area contributed by atoms with Gasteiger partial charge < -0.3 is 10.0 Å². The summed E-state index contributed by atoms with van der Waals surface area (Å²) in [5.41, 5.74) is 0. The van der Waals surface area contributed by atoms with E-state index in [4.69, 9.17) is 5.11 Å². The van der Waals surface area contributed by atoms with Crippen molar-refractivity contribution in [3.8, 4) is 0 Å². The molecule has 7 nitrogen and oxygen atoms in total. The molecule has 20 heavy (non-hydrogen) atoms. The summed E-state index contributed by atoms with van der Waals surface area (Å²) in [6.07, 6.45) is 2.79. The van der Waals surface area contributed by atoms with Crippen molar-refractivity contribution < 1.29 is 19.5 Å². The fraction of sp³-hybridized carbons (Fsp3) is 0.769. The van der Waals surface area contributed by atoms with Gasteiger partial charge in [-0.2, -0.15) is 0 Å². The average Bonchev–Trinajstić information content (AvgIpc) is 3.22. The molecule has 0 aromatic rings. The van der Waals surface area contributed by atoms with Gasteiger partial charge in [0.15, 0.2) is 0 Å². The molecule has 1 saturated heterocycles. The van der Waals surface area contributed by atoms with Gasteiger partial charge >= 0.3 is 12.0 Å². The smallest absolute Gasteiger partial charge is 0.324 e. The standard InChI is InChI=1S/C13H21N3O4/c17-11(2-1-3-12(18)19)14-13(20)16-8-6-15(7-9-16)10-4-5-10/h10H,1-9H2,(H,18,19)(H,14,17,20). The van der Waals surface area contributed by atoms with Crippen molar-refractivity contribution in [3.63, 3.8) is 0 Å². The lowest BCUT2D eigenvalue weighted by atomic mass is 10.2. The van der Waals surface area contributed by atoms with Gasteiger partial charge in [-0.05, 0) is 19.3 Å². The van der Waals surface area contributed by atoms with Gasteiger partial charge in [0, 0.05) is 45.1 Å². The van der Waals surface area contributed by atoms with Crippen LogP contribution in [0.4, 0.5) is 4.79 Å². The number of amides is 3. The van der Waals surface area contributed by atoms with Gasteiger partial charge in [-0.1, -0.05) is 0 Å². The average molecular weight is 283 g/mol. The van der Waals surface area contributed by atoms with Crippen LogP contribution >= 0.6 is 0 Å². The third-order valence-electron chi connectivity index (χ3n) is 3.71. The van der Waals surface area contributed by atoms with E-state index >= 15 is 0 Å². The van der Waals surface area contributed by atoms with Crippen LogP contribution in [0.1, 0.15) is 32.1 Å². The van der Waals surface area contributed by atoms with Crippen LogP contribution in [0.15, 0.2) is 0 Å². The van der Waals surface area contributed by atoms with Crippen LogP contribution in [-0.2, 0) is 9.59 Å². The molecule has 1 aliphatic heterocycles. The molecule has 0 radical (unpaired) electrons. The van der Waals surface area contributed by atoms with Crippen molar-refractivity contribution in [2.24, 2.45) is 0 Å². The number of imide groups is 1. The number of carbonyl (C=O) groups excluding carboxylic acids is 2. The summed E-state index contributed by atoms with van der Waals surface area (Å²) in [7, 11) is 0.